The molecule has 6 nitrogen and oxygen atoms in total. The van der Waals surface area contributed by atoms with Crippen LogP contribution in [0.2, 0.25) is 5.02 Å². The first kappa shape index (κ1) is 21.3. The molecule has 0 bridgehead atoms. The van der Waals surface area contributed by atoms with E-state index >= 15 is 0 Å². The smallest absolute Gasteiger partial charge is 0.258 e. The zero-order valence-corrected chi connectivity index (χ0v) is 18.1. The van der Waals surface area contributed by atoms with Gasteiger partial charge in [-0.2, -0.15) is 0 Å². The van der Waals surface area contributed by atoms with E-state index in [4.69, 9.17) is 11.6 Å². The van der Waals surface area contributed by atoms with Gasteiger partial charge >= 0.3 is 0 Å². The first-order valence-corrected chi connectivity index (χ1v) is 11.0. The van der Waals surface area contributed by atoms with Gasteiger partial charge in [-0.3, -0.25) is 14.7 Å². The normalized spacial score (nSPS) is 16.6. The third kappa shape index (κ3) is 5.81. The van der Waals surface area contributed by atoms with Crippen molar-refractivity contribution in [1.29, 1.82) is 0 Å². The molecule has 31 heavy (non-hydrogen) atoms. The zero-order chi connectivity index (χ0) is 21.5. The van der Waals surface area contributed by atoms with Gasteiger partial charge in [0.25, 0.3) is 5.91 Å². The minimum atomic E-state index is -0.199. The number of piperidine rings is 1. The van der Waals surface area contributed by atoms with Gasteiger partial charge in [0.15, 0.2) is 0 Å². The Morgan fingerprint density at radius 2 is 1.94 bits per heavy atom. The van der Waals surface area contributed by atoms with Gasteiger partial charge in [-0.05, 0) is 61.3 Å². The molecule has 1 unspecified atom stereocenters. The Hall–Kier alpha value is -2.96. The van der Waals surface area contributed by atoms with Gasteiger partial charge in [0.1, 0.15) is 5.82 Å². The number of nitrogens with zero attached hydrogens (tertiary/aromatic N) is 3. The molecule has 0 radical (unpaired) electrons. The lowest BCUT2D eigenvalue weighted by atomic mass is 10.0. The van der Waals surface area contributed by atoms with Gasteiger partial charge in [0.2, 0.25) is 0 Å². The van der Waals surface area contributed by atoms with Gasteiger partial charge in [-0.15, -0.1) is 0 Å². The topological polar surface area (TPSA) is 70.2 Å². The van der Waals surface area contributed by atoms with E-state index in [1.165, 1.54) is 24.6 Å². The van der Waals surface area contributed by atoms with Crippen LogP contribution in [0.1, 0.15) is 35.2 Å². The fourth-order valence-electron chi connectivity index (χ4n) is 3.92. The molecule has 2 N–H and O–H groups in total. The number of anilines is 2. The van der Waals surface area contributed by atoms with Crippen LogP contribution in [0.25, 0.3) is 0 Å². The Morgan fingerprint density at radius 1 is 1.10 bits per heavy atom. The maximum absolute atomic E-state index is 12.8. The molecule has 1 fully saturated rings. The van der Waals surface area contributed by atoms with Gasteiger partial charge in [-0.25, -0.2) is 4.98 Å². The summed E-state index contributed by atoms with van der Waals surface area (Å²) >= 11 is 5.88. The highest BCUT2D eigenvalue weighted by atomic mass is 35.5. The number of benzene rings is 1. The van der Waals surface area contributed by atoms with Crippen molar-refractivity contribution < 1.29 is 4.79 Å². The van der Waals surface area contributed by atoms with Crippen LogP contribution in [-0.4, -0.2) is 39.9 Å². The first-order valence-electron chi connectivity index (χ1n) is 10.6. The van der Waals surface area contributed by atoms with E-state index in [-0.39, 0.29) is 5.91 Å². The van der Waals surface area contributed by atoms with Crippen LogP contribution in [0.4, 0.5) is 11.5 Å². The SMILES string of the molecule is O=C(Nc1ccc(Cl)cn1)c1ccccc1NCC1CCCCN1Cc1ccncc1. The Balaban J connectivity index is 1.41. The number of carbonyl (C=O) groups excluding carboxylic acids is 1. The second-order valence-electron chi connectivity index (χ2n) is 7.72. The van der Waals surface area contributed by atoms with Crippen molar-refractivity contribution in [3.05, 3.63) is 83.3 Å². The van der Waals surface area contributed by atoms with Gasteiger partial charge in [0, 0.05) is 43.4 Å². The highest BCUT2D eigenvalue weighted by Gasteiger charge is 2.23. The molecule has 0 saturated carbocycles. The molecule has 1 aliphatic heterocycles. The first-order chi connectivity index (χ1) is 15.2. The number of hydrogen-bond acceptors (Lipinski definition) is 5. The number of pyridine rings is 2. The molecular weight excluding hydrogens is 410 g/mol. The van der Waals surface area contributed by atoms with Crippen LogP contribution in [0.15, 0.2) is 67.1 Å². The maximum Gasteiger partial charge on any atom is 0.258 e. The molecular formula is C24H26ClN5O. The molecule has 0 aliphatic carbocycles. The van der Waals surface area contributed by atoms with Gasteiger partial charge in [-0.1, -0.05) is 30.2 Å². The lowest BCUT2D eigenvalue weighted by Gasteiger charge is -2.36. The van der Waals surface area contributed by atoms with Crippen molar-refractivity contribution in [3.63, 3.8) is 0 Å². The fraction of sp³-hybridized carbons (Fsp3) is 0.292. The minimum Gasteiger partial charge on any atom is -0.383 e. The Morgan fingerprint density at radius 3 is 2.74 bits per heavy atom. The fourth-order valence-corrected chi connectivity index (χ4v) is 4.03. The molecule has 1 amide bonds. The molecule has 1 aliphatic rings. The van der Waals surface area contributed by atoms with Crippen LogP contribution in [0.3, 0.4) is 0 Å². The molecule has 7 heteroatoms. The molecule has 4 rings (SSSR count). The van der Waals surface area contributed by atoms with E-state index < -0.39 is 0 Å². The Labute approximate surface area is 187 Å². The van der Waals surface area contributed by atoms with Crippen LogP contribution >= 0.6 is 11.6 Å². The molecule has 0 spiro atoms. The summed E-state index contributed by atoms with van der Waals surface area (Å²) in [6.07, 6.45) is 8.79. The van der Waals surface area contributed by atoms with Crippen LogP contribution < -0.4 is 10.6 Å². The summed E-state index contributed by atoms with van der Waals surface area (Å²) in [5, 5.41) is 6.89. The van der Waals surface area contributed by atoms with Gasteiger partial charge in [0.05, 0.1) is 10.6 Å². The van der Waals surface area contributed by atoms with Crippen LogP contribution in [0.5, 0.6) is 0 Å². The third-order valence-electron chi connectivity index (χ3n) is 5.55. The Kier molecular flexibility index (Phi) is 7.12. The average molecular weight is 436 g/mol. The monoisotopic (exact) mass is 435 g/mol. The lowest BCUT2D eigenvalue weighted by molar-refractivity contribution is 0.102. The number of halogens is 1. The zero-order valence-electron chi connectivity index (χ0n) is 17.3. The second-order valence-corrected chi connectivity index (χ2v) is 8.15. The maximum atomic E-state index is 12.8. The molecule has 1 atom stereocenters. The number of nitrogens with one attached hydrogen (secondary N) is 2. The van der Waals surface area contributed by atoms with E-state index in [1.807, 2.05) is 36.7 Å². The summed E-state index contributed by atoms with van der Waals surface area (Å²) in [4.78, 5) is 23.6. The molecule has 1 aromatic carbocycles. The number of para-hydroxylation sites is 1. The highest BCUT2D eigenvalue weighted by molar-refractivity contribution is 6.30. The quantitative estimate of drug-likeness (QED) is 0.555. The molecule has 3 heterocycles. The summed E-state index contributed by atoms with van der Waals surface area (Å²) < 4.78 is 0. The molecule has 160 valence electrons. The molecule has 3 aromatic rings. The second kappa shape index (κ2) is 10.4. The van der Waals surface area contributed by atoms with E-state index in [2.05, 4.69) is 37.6 Å². The van der Waals surface area contributed by atoms with E-state index in [0.717, 1.165) is 31.7 Å². The number of carbonyl (C=O) groups is 1. The average Bonchev–Trinajstić information content (AvgIpc) is 2.81. The highest BCUT2D eigenvalue weighted by Crippen LogP contribution is 2.22. The number of hydrogen-bond donors (Lipinski definition) is 2. The van der Waals surface area contributed by atoms with Crippen molar-refractivity contribution in [2.45, 2.75) is 31.8 Å². The van der Waals surface area contributed by atoms with Gasteiger partial charge < -0.3 is 10.6 Å². The predicted octanol–water partition coefficient (Wildman–Crippen LogP) is 4.85. The van der Waals surface area contributed by atoms with Crippen molar-refractivity contribution in [2.24, 2.45) is 0 Å². The van der Waals surface area contributed by atoms with Crippen LogP contribution in [0, 0.1) is 0 Å². The largest absolute Gasteiger partial charge is 0.383 e. The standard InChI is InChI=1S/C24H26ClN5O/c25-19-8-9-23(28-15-19)29-24(31)21-6-1-2-7-22(21)27-16-20-5-3-4-14-30(20)17-18-10-12-26-13-11-18/h1-2,6-13,15,20,27H,3-5,14,16-17H2,(H,28,29,31). The van der Waals surface area contributed by atoms with Crippen LogP contribution in [-0.2, 0) is 6.54 Å². The third-order valence-corrected chi connectivity index (χ3v) is 5.78. The van der Waals surface area contributed by atoms with E-state index in [0.29, 0.717) is 22.4 Å². The number of aromatic nitrogens is 2. The van der Waals surface area contributed by atoms with Crippen molar-refractivity contribution in [3.8, 4) is 0 Å². The summed E-state index contributed by atoms with van der Waals surface area (Å²) in [6.45, 7) is 2.78. The molecule has 1 saturated heterocycles. The van der Waals surface area contributed by atoms with Crippen molar-refractivity contribution in [1.82, 2.24) is 14.9 Å². The summed E-state index contributed by atoms with van der Waals surface area (Å²) in [6, 6.07) is 15.5. The summed E-state index contributed by atoms with van der Waals surface area (Å²) in [7, 11) is 0. The Bertz CT molecular complexity index is 996. The van der Waals surface area contributed by atoms with E-state index in [9.17, 15) is 4.79 Å². The summed E-state index contributed by atoms with van der Waals surface area (Å²) in [5.41, 5.74) is 2.69. The van der Waals surface area contributed by atoms with E-state index in [1.54, 1.807) is 12.1 Å². The predicted molar refractivity (Wildman–Crippen MR) is 124 cm³/mol. The number of likely N-dealkylation sites (tertiary alicyclic amines) is 1. The molecule has 2 aromatic heterocycles. The number of rotatable bonds is 7. The number of amides is 1. The van der Waals surface area contributed by atoms with Crippen molar-refractivity contribution in [2.75, 3.05) is 23.7 Å². The lowest BCUT2D eigenvalue weighted by Crippen LogP contribution is -2.43. The minimum absolute atomic E-state index is 0.199. The summed E-state index contributed by atoms with van der Waals surface area (Å²) in [5.74, 6) is 0.273. The van der Waals surface area contributed by atoms with Crippen molar-refractivity contribution >= 4 is 29.0 Å².